The van der Waals surface area contributed by atoms with E-state index >= 15 is 0 Å². The fourth-order valence-electron chi connectivity index (χ4n) is 4.64. The number of pyridine rings is 1. The van der Waals surface area contributed by atoms with Crippen molar-refractivity contribution in [2.75, 3.05) is 31.6 Å². The number of hydrogen-bond donors (Lipinski definition) is 2. The van der Waals surface area contributed by atoms with E-state index in [1.165, 1.54) is 5.56 Å². The maximum atomic E-state index is 13.7. The van der Waals surface area contributed by atoms with Crippen LogP contribution in [0.1, 0.15) is 50.4 Å². The fourth-order valence-corrected chi connectivity index (χ4v) is 4.64. The van der Waals surface area contributed by atoms with Gasteiger partial charge in [-0.15, -0.1) is 0 Å². The molecule has 0 saturated carbocycles. The molecule has 1 aromatic heterocycles. The highest BCUT2D eigenvalue weighted by Crippen LogP contribution is 2.35. The minimum atomic E-state index is -0.712. The van der Waals surface area contributed by atoms with Gasteiger partial charge in [0.05, 0.1) is 5.69 Å². The Kier molecular flexibility index (Phi) is 7.11. The minimum absolute atomic E-state index is 0.0666. The lowest BCUT2D eigenvalue weighted by atomic mass is 9.78. The molecule has 172 valence electrons. The van der Waals surface area contributed by atoms with Crippen LogP contribution < -0.4 is 10.6 Å². The Morgan fingerprint density at radius 2 is 1.94 bits per heavy atom. The predicted molar refractivity (Wildman–Crippen MR) is 127 cm³/mol. The van der Waals surface area contributed by atoms with Crippen molar-refractivity contribution in [3.8, 4) is 0 Å². The molecule has 1 unspecified atom stereocenters. The van der Waals surface area contributed by atoms with Gasteiger partial charge in [-0.1, -0.05) is 50.2 Å². The van der Waals surface area contributed by atoms with E-state index in [2.05, 4.69) is 66.6 Å². The van der Waals surface area contributed by atoms with Gasteiger partial charge in [0.15, 0.2) is 0 Å². The summed E-state index contributed by atoms with van der Waals surface area (Å²) in [5.41, 5.74) is 2.58. The first-order valence-corrected chi connectivity index (χ1v) is 11.8. The first-order valence-electron chi connectivity index (χ1n) is 11.8. The van der Waals surface area contributed by atoms with Gasteiger partial charge >= 0.3 is 0 Å². The number of amides is 1. The van der Waals surface area contributed by atoms with Crippen molar-refractivity contribution in [3.63, 3.8) is 0 Å². The zero-order chi connectivity index (χ0) is 22.6. The molecule has 0 spiro atoms. The number of nitrogens with zero attached hydrogens (tertiary/aromatic N) is 2. The summed E-state index contributed by atoms with van der Waals surface area (Å²) in [6.07, 6.45) is 1.73. The van der Waals surface area contributed by atoms with Crippen LogP contribution in [0.5, 0.6) is 0 Å². The van der Waals surface area contributed by atoms with Gasteiger partial charge in [0, 0.05) is 45.4 Å². The molecule has 0 bridgehead atoms. The number of benzene rings is 1. The van der Waals surface area contributed by atoms with Crippen LogP contribution >= 0.6 is 0 Å². The van der Waals surface area contributed by atoms with Crippen molar-refractivity contribution in [2.45, 2.75) is 58.2 Å². The SMILES string of the molecule is CC(C)CNc1ccc2c(n1)C(C)(C(=O)NC1CCOCC1)CN(Cc1ccccc1)C2. The molecule has 4 rings (SSSR count). The molecule has 2 aromatic rings. The van der Waals surface area contributed by atoms with Crippen molar-refractivity contribution in [2.24, 2.45) is 5.92 Å². The number of rotatable bonds is 7. The third kappa shape index (κ3) is 5.30. The van der Waals surface area contributed by atoms with Crippen LogP contribution in [-0.4, -0.2) is 48.1 Å². The van der Waals surface area contributed by atoms with E-state index < -0.39 is 5.41 Å². The van der Waals surface area contributed by atoms with Crippen LogP contribution in [0, 0.1) is 5.92 Å². The number of fused-ring (bicyclic) bond motifs is 1. The molecule has 6 nitrogen and oxygen atoms in total. The Morgan fingerprint density at radius 1 is 1.19 bits per heavy atom. The Morgan fingerprint density at radius 3 is 2.66 bits per heavy atom. The average Bonchev–Trinajstić information content (AvgIpc) is 2.79. The second kappa shape index (κ2) is 10.0. The second-order valence-electron chi connectivity index (χ2n) is 9.80. The maximum Gasteiger partial charge on any atom is 0.233 e. The second-order valence-corrected chi connectivity index (χ2v) is 9.80. The van der Waals surface area contributed by atoms with Crippen LogP contribution in [0.4, 0.5) is 5.82 Å². The van der Waals surface area contributed by atoms with Gasteiger partial charge in [-0.25, -0.2) is 4.98 Å². The molecule has 0 radical (unpaired) electrons. The number of carbonyl (C=O) groups excluding carboxylic acids is 1. The largest absolute Gasteiger partial charge is 0.381 e. The molecule has 2 aliphatic heterocycles. The smallest absolute Gasteiger partial charge is 0.233 e. The summed E-state index contributed by atoms with van der Waals surface area (Å²) in [5, 5.41) is 6.75. The molecule has 2 aliphatic rings. The summed E-state index contributed by atoms with van der Waals surface area (Å²) in [7, 11) is 0. The lowest BCUT2D eigenvalue weighted by molar-refractivity contribution is -0.129. The van der Waals surface area contributed by atoms with Gasteiger partial charge in [-0.3, -0.25) is 9.69 Å². The number of nitrogens with one attached hydrogen (secondary N) is 2. The number of aromatic nitrogens is 1. The minimum Gasteiger partial charge on any atom is -0.381 e. The van der Waals surface area contributed by atoms with Crippen molar-refractivity contribution in [1.29, 1.82) is 0 Å². The summed E-state index contributed by atoms with van der Waals surface area (Å²) < 4.78 is 5.47. The molecule has 1 fully saturated rings. The van der Waals surface area contributed by atoms with Crippen LogP contribution in [0.2, 0.25) is 0 Å². The zero-order valence-electron chi connectivity index (χ0n) is 19.6. The highest BCUT2D eigenvalue weighted by Gasteiger charge is 2.44. The highest BCUT2D eigenvalue weighted by molar-refractivity contribution is 5.88. The van der Waals surface area contributed by atoms with E-state index in [9.17, 15) is 4.79 Å². The molecule has 1 saturated heterocycles. The fraction of sp³-hybridized carbons (Fsp3) is 0.538. The van der Waals surface area contributed by atoms with E-state index in [4.69, 9.17) is 9.72 Å². The molecule has 1 amide bonds. The quantitative estimate of drug-likeness (QED) is 0.693. The van der Waals surface area contributed by atoms with Gasteiger partial charge < -0.3 is 15.4 Å². The number of anilines is 1. The van der Waals surface area contributed by atoms with Gasteiger partial charge in [-0.05, 0) is 42.9 Å². The predicted octanol–water partition coefficient (Wildman–Crippen LogP) is 3.72. The van der Waals surface area contributed by atoms with E-state index in [-0.39, 0.29) is 11.9 Å². The van der Waals surface area contributed by atoms with Gasteiger partial charge in [0.25, 0.3) is 0 Å². The van der Waals surface area contributed by atoms with Crippen LogP contribution in [0.25, 0.3) is 0 Å². The Hall–Kier alpha value is -2.44. The molecular weight excluding hydrogens is 400 g/mol. The van der Waals surface area contributed by atoms with E-state index in [1.54, 1.807) is 0 Å². The Bertz CT molecular complexity index is 911. The standard InChI is InChI=1S/C26H36N4O2/c1-19(2)15-27-23-10-9-21-17-30(16-20-7-5-4-6-8-20)18-26(3,24(21)29-23)25(31)28-22-11-13-32-14-12-22/h4-10,19,22H,11-18H2,1-3H3,(H,27,29)(H,28,31). The van der Waals surface area contributed by atoms with Crippen LogP contribution in [0.15, 0.2) is 42.5 Å². The van der Waals surface area contributed by atoms with E-state index in [1.807, 2.05) is 12.1 Å². The summed E-state index contributed by atoms with van der Waals surface area (Å²) in [5.74, 6) is 1.44. The summed E-state index contributed by atoms with van der Waals surface area (Å²) in [6.45, 7) is 10.9. The van der Waals surface area contributed by atoms with Crippen molar-refractivity contribution >= 4 is 11.7 Å². The number of carbonyl (C=O) groups is 1. The molecule has 1 atom stereocenters. The zero-order valence-corrected chi connectivity index (χ0v) is 19.6. The first-order chi connectivity index (χ1) is 15.4. The Labute approximate surface area is 191 Å². The van der Waals surface area contributed by atoms with E-state index in [0.717, 1.165) is 49.6 Å². The highest BCUT2D eigenvalue weighted by atomic mass is 16.5. The molecule has 32 heavy (non-hydrogen) atoms. The molecule has 2 N–H and O–H groups in total. The monoisotopic (exact) mass is 436 g/mol. The average molecular weight is 437 g/mol. The topological polar surface area (TPSA) is 66.5 Å². The van der Waals surface area contributed by atoms with E-state index in [0.29, 0.717) is 25.7 Å². The third-order valence-corrected chi connectivity index (χ3v) is 6.43. The van der Waals surface area contributed by atoms with Crippen molar-refractivity contribution in [1.82, 2.24) is 15.2 Å². The number of ether oxygens (including phenoxy) is 1. The summed E-state index contributed by atoms with van der Waals surface area (Å²) in [4.78, 5) is 21.0. The van der Waals surface area contributed by atoms with Crippen LogP contribution in [-0.2, 0) is 28.0 Å². The van der Waals surface area contributed by atoms with Crippen molar-refractivity contribution < 1.29 is 9.53 Å². The lowest BCUT2D eigenvalue weighted by Crippen LogP contribution is -2.55. The molecular formula is C26H36N4O2. The molecule has 6 heteroatoms. The molecule has 1 aromatic carbocycles. The normalized spacial score (nSPS) is 21.9. The summed E-state index contributed by atoms with van der Waals surface area (Å²) in [6, 6.07) is 14.8. The first kappa shape index (κ1) is 22.7. The van der Waals surface area contributed by atoms with Crippen LogP contribution in [0.3, 0.4) is 0 Å². The third-order valence-electron chi connectivity index (χ3n) is 6.43. The van der Waals surface area contributed by atoms with Crippen molar-refractivity contribution in [3.05, 3.63) is 59.3 Å². The van der Waals surface area contributed by atoms with Gasteiger partial charge in [0.1, 0.15) is 11.2 Å². The lowest BCUT2D eigenvalue weighted by Gasteiger charge is -2.41. The Balaban J connectivity index is 1.61. The number of hydrogen-bond acceptors (Lipinski definition) is 5. The molecule has 3 heterocycles. The summed E-state index contributed by atoms with van der Waals surface area (Å²) >= 11 is 0. The maximum absolute atomic E-state index is 13.7. The molecule has 0 aliphatic carbocycles. The van der Waals surface area contributed by atoms with Gasteiger partial charge in [-0.2, -0.15) is 0 Å². The van der Waals surface area contributed by atoms with Gasteiger partial charge in [0.2, 0.25) is 5.91 Å².